The van der Waals surface area contributed by atoms with Crippen LogP contribution in [0.1, 0.15) is 38.9 Å². The minimum Gasteiger partial charge on any atom is -0.370 e. The van der Waals surface area contributed by atoms with Crippen LogP contribution in [0.2, 0.25) is 0 Å². The first-order valence-electron chi connectivity index (χ1n) is 7.35. The summed E-state index contributed by atoms with van der Waals surface area (Å²) in [4.78, 5) is 9.21. The topological polar surface area (TPSA) is 41.0 Å². The second kappa shape index (κ2) is 6.49. The first kappa shape index (κ1) is 15.9. The minimum atomic E-state index is -4.53. The predicted molar refractivity (Wildman–Crippen MR) is 76.4 cm³/mol. The van der Waals surface area contributed by atoms with E-state index in [2.05, 4.69) is 22.2 Å². The Balaban J connectivity index is 2.30. The van der Waals surface area contributed by atoms with Gasteiger partial charge < -0.3 is 10.2 Å². The molecule has 0 aromatic carbocycles. The summed E-state index contributed by atoms with van der Waals surface area (Å²) >= 11 is 0. The van der Waals surface area contributed by atoms with Gasteiger partial charge in [0.05, 0.1) is 0 Å². The average Bonchev–Trinajstić information content (AvgIpc) is 2.63. The molecule has 1 aromatic rings. The van der Waals surface area contributed by atoms with Gasteiger partial charge in [0.15, 0.2) is 0 Å². The standard InChI is InChI=1S/C14H21F3N4/c1-3-18-11-9-12(20-13(19-11)14(15,16)17)21-7-4-5-10(2)6-8-21/h9-10H,3-8H2,1-2H3,(H,18,19,20). The lowest BCUT2D eigenvalue weighted by atomic mass is 10.0. The number of aromatic nitrogens is 2. The molecule has 1 unspecified atom stereocenters. The van der Waals surface area contributed by atoms with Crippen LogP contribution >= 0.6 is 0 Å². The Bertz CT molecular complexity index is 476. The molecular weight excluding hydrogens is 281 g/mol. The van der Waals surface area contributed by atoms with Crippen LogP contribution < -0.4 is 10.2 Å². The molecule has 1 atom stereocenters. The molecule has 2 heterocycles. The molecule has 1 saturated heterocycles. The van der Waals surface area contributed by atoms with Crippen LogP contribution in [-0.2, 0) is 6.18 Å². The average molecular weight is 302 g/mol. The van der Waals surface area contributed by atoms with Crippen LogP contribution in [0.25, 0.3) is 0 Å². The highest BCUT2D eigenvalue weighted by Crippen LogP contribution is 2.30. The van der Waals surface area contributed by atoms with E-state index in [0.717, 1.165) is 32.4 Å². The summed E-state index contributed by atoms with van der Waals surface area (Å²) in [7, 11) is 0. The van der Waals surface area contributed by atoms with Gasteiger partial charge >= 0.3 is 6.18 Å². The zero-order chi connectivity index (χ0) is 15.5. The minimum absolute atomic E-state index is 0.229. The van der Waals surface area contributed by atoms with Crippen LogP contribution in [0.15, 0.2) is 6.07 Å². The lowest BCUT2D eigenvalue weighted by Gasteiger charge is -2.23. The van der Waals surface area contributed by atoms with Gasteiger partial charge in [-0.05, 0) is 32.1 Å². The van der Waals surface area contributed by atoms with Crippen molar-refractivity contribution in [1.82, 2.24) is 9.97 Å². The molecule has 7 heteroatoms. The van der Waals surface area contributed by atoms with Crippen molar-refractivity contribution in [2.24, 2.45) is 5.92 Å². The number of anilines is 2. The molecule has 1 fully saturated rings. The smallest absolute Gasteiger partial charge is 0.370 e. The van der Waals surface area contributed by atoms with Gasteiger partial charge in [-0.3, -0.25) is 0 Å². The zero-order valence-electron chi connectivity index (χ0n) is 12.4. The maximum Gasteiger partial charge on any atom is 0.451 e. The van der Waals surface area contributed by atoms with Gasteiger partial charge in [-0.15, -0.1) is 0 Å². The number of nitrogens with zero attached hydrogens (tertiary/aromatic N) is 3. The molecule has 2 rings (SSSR count). The van der Waals surface area contributed by atoms with Crippen LogP contribution in [0.3, 0.4) is 0 Å². The summed E-state index contributed by atoms with van der Waals surface area (Å²) in [5.41, 5.74) is 0. The fraction of sp³-hybridized carbons (Fsp3) is 0.714. The fourth-order valence-corrected chi connectivity index (χ4v) is 2.49. The van der Waals surface area contributed by atoms with E-state index in [0.29, 0.717) is 18.3 Å². The Kier molecular flexibility index (Phi) is 4.90. The maximum atomic E-state index is 12.9. The zero-order valence-corrected chi connectivity index (χ0v) is 12.4. The quantitative estimate of drug-likeness (QED) is 0.927. The van der Waals surface area contributed by atoms with Gasteiger partial charge in [-0.1, -0.05) is 6.92 Å². The van der Waals surface area contributed by atoms with Gasteiger partial charge in [-0.25, -0.2) is 9.97 Å². The molecule has 1 aliphatic heterocycles. The molecule has 0 bridgehead atoms. The van der Waals surface area contributed by atoms with Crippen LogP contribution in [0, 0.1) is 5.92 Å². The summed E-state index contributed by atoms with van der Waals surface area (Å²) in [6, 6.07) is 1.61. The fourth-order valence-electron chi connectivity index (χ4n) is 2.49. The number of hydrogen-bond acceptors (Lipinski definition) is 4. The number of rotatable bonds is 3. The third-order valence-corrected chi connectivity index (χ3v) is 3.66. The molecule has 0 amide bonds. The van der Waals surface area contributed by atoms with Crippen molar-refractivity contribution in [2.75, 3.05) is 29.9 Å². The number of nitrogens with one attached hydrogen (secondary N) is 1. The molecular formula is C14H21F3N4. The SMILES string of the molecule is CCNc1cc(N2CCCC(C)CC2)nc(C(F)(F)F)n1. The normalized spacial score (nSPS) is 20.2. The van der Waals surface area contributed by atoms with Gasteiger partial charge in [0.25, 0.3) is 0 Å². The Morgan fingerprint density at radius 1 is 1.29 bits per heavy atom. The molecule has 21 heavy (non-hydrogen) atoms. The van der Waals surface area contributed by atoms with Crippen molar-refractivity contribution < 1.29 is 13.2 Å². The molecule has 0 saturated carbocycles. The second-order valence-corrected chi connectivity index (χ2v) is 5.49. The Labute approximate surface area is 122 Å². The van der Waals surface area contributed by atoms with Gasteiger partial charge in [0.2, 0.25) is 5.82 Å². The van der Waals surface area contributed by atoms with E-state index >= 15 is 0 Å². The summed E-state index contributed by atoms with van der Waals surface area (Å²) < 4.78 is 38.8. The largest absolute Gasteiger partial charge is 0.451 e. The Morgan fingerprint density at radius 2 is 2.05 bits per heavy atom. The molecule has 1 aromatic heterocycles. The molecule has 0 spiro atoms. The van der Waals surface area contributed by atoms with Crippen molar-refractivity contribution in [3.05, 3.63) is 11.9 Å². The second-order valence-electron chi connectivity index (χ2n) is 5.49. The Hall–Kier alpha value is -1.53. The molecule has 1 N–H and O–H groups in total. The third kappa shape index (κ3) is 4.22. The van der Waals surface area contributed by atoms with Crippen molar-refractivity contribution >= 4 is 11.6 Å². The van der Waals surface area contributed by atoms with E-state index < -0.39 is 12.0 Å². The highest BCUT2D eigenvalue weighted by Gasteiger charge is 2.36. The van der Waals surface area contributed by atoms with Crippen LogP contribution in [0.5, 0.6) is 0 Å². The van der Waals surface area contributed by atoms with Gasteiger partial charge in [0, 0.05) is 25.7 Å². The van der Waals surface area contributed by atoms with Crippen molar-refractivity contribution in [2.45, 2.75) is 39.3 Å². The van der Waals surface area contributed by atoms with Crippen molar-refractivity contribution in [3.63, 3.8) is 0 Å². The number of alkyl halides is 3. The Morgan fingerprint density at radius 3 is 2.71 bits per heavy atom. The van der Waals surface area contributed by atoms with Crippen LogP contribution in [0.4, 0.5) is 24.8 Å². The van der Waals surface area contributed by atoms with Crippen LogP contribution in [-0.4, -0.2) is 29.6 Å². The van der Waals surface area contributed by atoms with E-state index in [4.69, 9.17) is 0 Å². The van der Waals surface area contributed by atoms with E-state index in [1.165, 1.54) is 0 Å². The summed E-state index contributed by atoms with van der Waals surface area (Å²) in [5, 5.41) is 2.85. The van der Waals surface area contributed by atoms with Gasteiger partial charge in [0.1, 0.15) is 11.6 Å². The summed E-state index contributed by atoms with van der Waals surface area (Å²) in [5.74, 6) is 0.120. The highest BCUT2D eigenvalue weighted by atomic mass is 19.4. The van der Waals surface area contributed by atoms with E-state index in [-0.39, 0.29) is 5.82 Å². The molecule has 1 aliphatic rings. The summed E-state index contributed by atoms with van der Waals surface area (Å²) in [6.45, 7) is 5.99. The lowest BCUT2D eigenvalue weighted by molar-refractivity contribution is -0.144. The molecule has 0 radical (unpaired) electrons. The first-order valence-corrected chi connectivity index (χ1v) is 7.35. The number of hydrogen-bond donors (Lipinski definition) is 1. The first-order chi connectivity index (χ1) is 9.90. The van der Waals surface area contributed by atoms with Crippen molar-refractivity contribution in [3.8, 4) is 0 Å². The predicted octanol–water partition coefficient (Wildman–Crippen LogP) is 3.55. The molecule has 118 valence electrons. The molecule has 0 aliphatic carbocycles. The van der Waals surface area contributed by atoms with E-state index in [9.17, 15) is 13.2 Å². The van der Waals surface area contributed by atoms with Gasteiger partial charge in [-0.2, -0.15) is 13.2 Å². The monoisotopic (exact) mass is 302 g/mol. The lowest BCUT2D eigenvalue weighted by Crippen LogP contribution is -2.27. The number of halogens is 3. The van der Waals surface area contributed by atoms with E-state index in [1.54, 1.807) is 6.07 Å². The summed E-state index contributed by atoms with van der Waals surface area (Å²) in [6.07, 6.45) is -1.47. The highest BCUT2D eigenvalue weighted by molar-refractivity contribution is 5.49. The maximum absolute atomic E-state index is 12.9. The third-order valence-electron chi connectivity index (χ3n) is 3.66. The molecule has 4 nitrogen and oxygen atoms in total. The van der Waals surface area contributed by atoms with Crippen molar-refractivity contribution in [1.29, 1.82) is 0 Å². The van der Waals surface area contributed by atoms with E-state index in [1.807, 2.05) is 11.8 Å².